The number of pyridine rings is 1. The maximum Gasteiger partial charge on any atom is 0.292 e. The van der Waals surface area contributed by atoms with Gasteiger partial charge in [-0.3, -0.25) is 4.79 Å². The Labute approximate surface area is 156 Å². The van der Waals surface area contributed by atoms with E-state index >= 15 is 0 Å². The summed E-state index contributed by atoms with van der Waals surface area (Å²) in [5, 5.41) is 15.2. The van der Waals surface area contributed by atoms with E-state index in [1.165, 1.54) is 6.20 Å². The molecule has 0 aliphatic carbocycles. The highest BCUT2D eigenvalue weighted by Crippen LogP contribution is 2.17. The maximum atomic E-state index is 12.3. The van der Waals surface area contributed by atoms with Crippen molar-refractivity contribution in [2.45, 2.75) is 6.92 Å². The molecule has 4 heterocycles. The summed E-state index contributed by atoms with van der Waals surface area (Å²) in [6, 6.07) is 9.25. The van der Waals surface area contributed by atoms with E-state index in [-0.39, 0.29) is 11.7 Å². The predicted octanol–water partition coefficient (Wildman–Crippen LogP) is 1.87. The number of hydrogen-bond acceptors (Lipinski definition) is 8. The van der Waals surface area contributed by atoms with Crippen LogP contribution in [-0.4, -0.2) is 57.3 Å². The van der Waals surface area contributed by atoms with E-state index in [1.807, 2.05) is 31.2 Å². The minimum Gasteiger partial charge on any atom is -0.352 e. The zero-order valence-corrected chi connectivity index (χ0v) is 14.9. The molecule has 3 aromatic rings. The van der Waals surface area contributed by atoms with Crippen LogP contribution in [0.4, 0.5) is 17.5 Å². The molecular weight excluding hydrogens is 346 g/mol. The van der Waals surface area contributed by atoms with E-state index in [9.17, 15) is 4.79 Å². The molecule has 0 atom stereocenters. The largest absolute Gasteiger partial charge is 0.352 e. The highest BCUT2D eigenvalue weighted by Gasteiger charge is 2.24. The van der Waals surface area contributed by atoms with Gasteiger partial charge in [0, 0.05) is 38.4 Å². The second kappa shape index (κ2) is 7.40. The van der Waals surface area contributed by atoms with Gasteiger partial charge >= 0.3 is 0 Å². The third-order valence-electron chi connectivity index (χ3n) is 4.36. The van der Waals surface area contributed by atoms with Gasteiger partial charge in [0.2, 0.25) is 5.76 Å². The van der Waals surface area contributed by atoms with Crippen LogP contribution in [0.2, 0.25) is 0 Å². The van der Waals surface area contributed by atoms with E-state index in [2.05, 4.69) is 30.6 Å². The lowest BCUT2D eigenvalue weighted by Gasteiger charge is -2.34. The molecule has 1 N–H and O–H groups in total. The predicted molar refractivity (Wildman–Crippen MR) is 98.9 cm³/mol. The summed E-state index contributed by atoms with van der Waals surface area (Å²) in [7, 11) is 0. The number of hydrogen-bond donors (Lipinski definition) is 1. The van der Waals surface area contributed by atoms with Gasteiger partial charge in [0.15, 0.2) is 11.6 Å². The smallest absolute Gasteiger partial charge is 0.292 e. The molecule has 138 valence electrons. The standard InChI is InChI=1S/C18H19N7O2/c1-13-4-6-19-16(12-13)21-15-2-3-17(23-22-15)24-8-10-25(11-9-24)18(26)14-5-7-20-27-14/h2-7,12H,8-11H2,1H3,(H,19,21,22). The Bertz CT molecular complexity index is 904. The zero-order valence-electron chi connectivity index (χ0n) is 14.9. The Kier molecular flexibility index (Phi) is 4.65. The van der Waals surface area contributed by atoms with Crippen LogP contribution >= 0.6 is 0 Å². The number of aryl methyl sites for hydroxylation is 1. The summed E-state index contributed by atoms with van der Waals surface area (Å²) < 4.78 is 4.94. The molecule has 0 saturated carbocycles. The number of anilines is 3. The highest BCUT2D eigenvalue weighted by atomic mass is 16.5. The van der Waals surface area contributed by atoms with Gasteiger partial charge in [0.25, 0.3) is 5.91 Å². The number of carbonyl (C=O) groups excluding carboxylic acids is 1. The summed E-state index contributed by atoms with van der Waals surface area (Å²) >= 11 is 0. The van der Waals surface area contributed by atoms with E-state index in [4.69, 9.17) is 4.52 Å². The fourth-order valence-electron chi connectivity index (χ4n) is 2.92. The molecule has 1 saturated heterocycles. The van der Waals surface area contributed by atoms with Gasteiger partial charge in [0.1, 0.15) is 5.82 Å². The molecule has 0 spiro atoms. The molecule has 0 bridgehead atoms. The summed E-state index contributed by atoms with van der Waals surface area (Å²) in [6.45, 7) is 4.55. The van der Waals surface area contributed by atoms with E-state index in [0.717, 1.165) is 17.2 Å². The van der Waals surface area contributed by atoms with Crippen LogP contribution in [0, 0.1) is 6.92 Å². The Hall–Kier alpha value is -3.49. The summed E-state index contributed by atoms with van der Waals surface area (Å²) in [5.41, 5.74) is 1.12. The number of nitrogens with zero attached hydrogens (tertiary/aromatic N) is 6. The minimum absolute atomic E-state index is 0.136. The molecule has 4 rings (SSSR count). The first-order chi connectivity index (χ1) is 13.2. The Morgan fingerprint density at radius 1 is 1.04 bits per heavy atom. The molecule has 3 aromatic heterocycles. The van der Waals surface area contributed by atoms with Crippen LogP contribution in [0.25, 0.3) is 0 Å². The van der Waals surface area contributed by atoms with Gasteiger partial charge in [-0.1, -0.05) is 5.16 Å². The molecule has 1 amide bonds. The summed E-state index contributed by atoms with van der Waals surface area (Å²) in [5.74, 6) is 2.28. The van der Waals surface area contributed by atoms with Crippen molar-refractivity contribution in [3.8, 4) is 0 Å². The van der Waals surface area contributed by atoms with E-state index in [1.54, 1.807) is 17.2 Å². The molecule has 0 unspecified atom stereocenters. The maximum absolute atomic E-state index is 12.3. The molecule has 9 nitrogen and oxygen atoms in total. The first kappa shape index (κ1) is 17.0. The van der Waals surface area contributed by atoms with Crippen LogP contribution in [0.15, 0.2) is 47.2 Å². The van der Waals surface area contributed by atoms with Gasteiger partial charge in [-0.25, -0.2) is 4.98 Å². The zero-order chi connectivity index (χ0) is 18.6. The lowest BCUT2D eigenvalue weighted by molar-refractivity contribution is 0.0704. The molecule has 1 fully saturated rings. The number of amides is 1. The SMILES string of the molecule is Cc1ccnc(Nc2ccc(N3CCN(C(=O)c4ccno4)CC3)nn2)c1. The van der Waals surface area contributed by atoms with Crippen molar-refractivity contribution in [1.82, 2.24) is 25.2 Å². The number of rotatable bonds is 4. The van der Waals surface area contributed by atoms with Crippen molar-refractivity contribution in [2.75, 3.05) is 36.4 Å². The van der Waals surface area contributed by atoms with E-state index in [0.29, 0.717) is 32.0 Å². The lowest BCUT2D eigenvalue weighted by Crippen LogP contribution is -2.49. The Morgan fingerprint density at radius 2 is 1.89 bits per heavy atom. The third-order valence-corrected chi connectivity index (χ3v) is 4.36. The van der Waals surface area contributed by atoms with Crippen molar-refractivity contribution >= 4 is 23.4 Å². The summed E-state index contributed by atoms with van der Waals surface area (Å²) in [6.07, 6.45) is 3.22. The van der Waals surface area contributed by atoms with Crippen molar-refractivity contribution in [1.29, 1.82) is 0 Å². The van der Waals surface area contributed by atoms with Crippen molar-refractivity contribution in [2.24, 2.45) is 0 Å². The molecule has 0 radical (unpaired) electrons. The monoisotopic (exact) mass is 365 g/mol. The van der Waals surface area contributed by atoms with Crippen LogP contribution in [-0.2, 0) is 0 Å². The van der Waals surface area contributed by atoms with Crippen LogP contribution in [0.1, 0.15) is 16.1 Å². The normalized spacial score (nSPS) is 14.3. The topological polar surface area (TPSA) is 100 Å². The van der Waals surface area contributed by atoms with Gasteiger partial charge < -0.3 is 19.6 Å². The molecule has 1 aliphatic heterocycles. The second-order valence-corrected chi connectivity index (χ2v) is 6.28. The first-order valence-electron chi connectivity index (χ1n) is 8.67. The molecule has 0 aromatic carbocycles. The molecule has 9 heteroatoms. The average molecular weight is 365 g/mol. The van der Waals surface area contributed by atoms with Crippen LogP contribution in [0.3, 0.4) is 0 Å². The third kappa shape index (κ3) is 3.86. The van der Waals surface area contributed by atoms with E-state index < -0.39 is 0 Å². The van der Waals surface area contributed by atoms with Crippen molar-refractivity contribution < 1.29 is 9.32 Å². The van der Waals surface area contributed by atoms with Crippen molar-refractivity contribution in [3.05, 3.63) is 54.0 Å². The van der Waals surface area contributed by atoms with Crippen LogP contribution in [0.5, 0.6) is 0 Å². The van der Waals surface area contributed by atoms with Gasteiger partial charge in [-0.15, -0.1) is 10.2 Å². The Morgan fingerprint density at radius 3 is 2.56 bits per heavy atom. The highest BCUT2D eigenvalue weighted by molar-refractivity contribution is 5.91. The van der Waals surface area contributed by atoms with Gasteiger partial charge in [0.05, 0.1) is 6.20 Å². The van der Waals surface area contributed by atoms with Gasteiger partial charge in [-0.05, 0) is 36.8 Å². The molecule has 1 aliphatic rings. The number of nitrogens with one attached hydrogen (secondary N) is 1. The molecular formula is C18H19N7O2. The number of aromatic nitrogens is 4. The van der Waals surface area contributed by atoms with Crippen molar-refractivity contribution in [3.63, 3.8) is 0 Å². The first-order valence-corrected chi connectivity index (χ1v) is 8.67. The second-order valence-electron chi connectivity index (χ2n) is 6.28. The quantitative estimate of drug-likeness (QED) is 0.748. The number of piperazine rings is 1. The average Bonchev–Trinajstić information content (AvgIpc) is 3.23. The summed E-state index contributed by atoms with van der Waals surface area (Å²) in [4.78, 5) is 20.4. The Balaban J connectivity index is 1.35. The lowest BCUT2D eigenvalue weighted by atomic mass is 10.3. The van der Waals surface area contributed by atoms with Gasteiger partial charge in [-0.2, -0.15) is 0 Å². The minimum atomic E-state index is -0.136. The fourth-order valence-corrected chi connectivity index (χ4v) is 2.92. The molecule has 27 heavy (non-hydrogen) atoms. The van der Waals surface area contributed by atoms with Crippen LogP contribution < -0.4 is 10.2 Å². The fraction of sp³-hybridized carbons (Fsp3) is 0.278. The number of carbonyl (C=O) groups is 1.